The first-order chi connectivity index (χ1) is 23.1. The number of hydrogen-bond donors (Lipinski definition) is 2. The Bertz CT molecular complexity index is 1630. The van der Waals surface area contributed by atoms with Gasteiger partial charge in [-0.2, -0.15) is 0 Å². The van der Waals surface area contributed by atoms with Gasteiger partial charge in [0.25, 0.3) is 0 Å². The molecule has 0 radical (unpaired) electrons. The van der Waals surface area contributed by atoms with E-state index in [-0.39, 0.29) is 19.4 Å². The third-order valence-electron chi connectivity index (χ3n) is 7.14. The van der Waals surface area contributed by atoms with Crippen molar-refractivity contribution in [2.45, 2.75) is 83.7 Å². The number of ether oxygens (including phenoxy) is 2. The highest BCUT2D eigenvalue weighted by Crippen LogP contribution is 2.27. The fourth-order valence-electron chi connectivity index (χ4n) is 5.15. The highest BCUT2D eigenvalue weighted by atomic mass is 16.6. The van der Waals surface area contributed by atoms with Crippen molar-refractivity contribution >= 4 is 23.9 Å². The minimum absolute atomic E-state index is 0.0904. The maximum absolute atomic E-state index is 14.6. The second-order valence-corrected chi connectivity index (χ2v) is 13.6. The average Bonchev–Trinajstić information content (AvgIpc) is 3.03. The van der Waals surface area contributed by atoms with Gasteiger partial charge in [0.1, 0.15) is 29.3 Å². The van der Waals surface area contributed by atoms with E-state index in [9.17, 15) is 19.2 Å². The smallest absolute Gasteiger partial charge is 0.408 e. The number of rotatable bonds is 13. The molecule has 0 aromatic heterocycles. The fourth-order valence-corrected chi connectivity index (χ4v) is 5.15. The van der Waals surface area contributed by atoms with Gasteiger partial charge >= 0.3 is 12.1 Å². The summed E-state index contributed by atoms with van der Waals surface area (Å²) in [4.78, 5) is 57.1. The predicted octanol–water partition coefficient (Wildman–Crippen LogP) is 5.93. The summed E-state index contributed by atoms with van der Waals surface area (Å²) in [5.74, 6) is 0.729. The van der Waals surface area contributed by atoms with Crippen molar-refractivity contribution in [2.24, 2.45) is 0 Å². The second kappa shape index (κ2) is 17.2. The lowest BCUT2D eigenvalue weighted by Gasteiger charge is -2.35. The van der Waals surface area contributed by atoms with Gasteiger partial charge in [0.05, 0.1) is 0 Å². The Morgan fingerprint density at radius 2 is 1.29 bits per heavy atom. The lowest BCUT2D eigenvalue weighted by atomic mass is 9.96. The molecule has 9 heteroatoms. The van der Waals surface area contributed by atoms with E-state index >= 15 is 0 Å². The van der Waals surface area contributed by atoms with E-state index in [1.165, 1.54) is 11.0 Å². The summed E-state index contributed by atoms with van der Waals surface area (Å²) in [5.41, 5.74) is 0.650. The molecule has 3 amide bonds. The van der Waals surface area contributed by atoms with Gasteiger partial charge in [0.15, 0.2) is 0 Å². The number of nitrogens with one attached hydrogen (secondary N) is 2. The first-order valence-electron chi connectivity index (χ1n) is 16.2. The third kappa shape index (κ3) is 12.0. The van der Waals surface area contributed by atoms with Gasteiger partial charge in [-0.05, 0) is 64.3 Å². The topological polar surface area (TPSA) is 114 Å². The van der Waals surface area contributed by atoms with Crippen LogP contribution in [0.15, 0.2) is 97.6 Å². The molecule has 3 rings (SSSR count). The molecule has 3 aromatic carbocycles. The predicted molar refractivity (Wildman–Crippen MR) is 190 cm³/mol. The van der Waals surface area contributed by atoms with Crippen LogP contribution in [0.5, 0.6) is 0 Å². The zero-order valence-corrected chi connectivity index (χ0v) is 29.2. The normalized spacial score (nSPS) is 13.1. The molecule has 0 heterocycles. The van der Waals surface area contributed by atoms with Crippen LogP contribution < -0.4 is 10.6 Å². The van der Waals surface area contributed by atoms with Gasteiger partial charge in [-0.1, -0.05) is 90.9 Å². The minimum Gasteiger partial charge on any atom is -0.458 e. The number of carbonyl (C=O) groups is 4. The van der Waals surface area contributed by atoms with Crippen molar-refractivity contribution in [1.82, 2.24) is 15.5 Å². The largest absolute Gasteiger partial charge is 0.458 e. The third-order valence-corrected chi connectivity index (χ3v) is 7.14. The molecule has 0 saturated carbocycles. The fraction of sp³-hybridized carbons (Fsp3) is 0.350. The Morgan fingerprint density at radius 1 is 0.776 bits per heavy atom. The molecule has 49 heavy (non-hydrogen) atoms. The van der Waals surface area contributed by atoms with Crippen molar-refractivity contribution in [3.63, 3.8) is 0 Å². The first kappa shape index (κ1) is 38.1. The van der Waals surface area contributed by atoms with Gasteiger partial charge in [-0.3, -0.25) is 9.59 Å². The molecule has 0 aliphatic heterocycles. The van der Waals surface area contributed by atoms with Crippen LogP contribution >= 0.6 is 0 Å². The summed E-state index contributed by atoms with van der Waals surface area (Å²) in [6.45, 7) is 14.1. The van der Waals surface area contributed by atoms with Crippen LogP contribution in [0.4, 0.5) is 4.79 Å². The number of benzene rings is 3. The molecule has 0 bridgehead atoms. The zero-order chi connectivity index (χ0) is 36.2. The molecule has 0 aliphatic rings. The van der Waals surface area contributed by atoms with Gasteiger partial charge in [0.2, 0.25) is 11.8 Å². The first-order valence-corrected chi connectivity index (χ1v) is 16.2. The Morgan fingerprint density at radius 3 is 1.80 bits per heavy atom. The molecular formula is C40H47N3O6. The molecule has 2 N–H and O–H groups in total. The number of esters is 1. The molecule has 9 nitrogen and oxygen atoms in total. The average molecular weight is 666 g/mol. The monoisotopic (exact) mass is 665 g/mol. The summed E-state index contributed by atoms with van der Waals surface area (Å²) < 4.78 is 11.2. The van der Waals surface area contributed by atoms with Crippen molar-refractivity contribution in [3.05, 3.63) is 120 Å². The molecule has 3 atom stereocenters. The molecule has 0 fully saturated rings. The maximum Gasteiger partial charge on any atom is 0.408 e. The van der Waals surface area contributed by atoms with E-state index in [2.05, 4.69) is 23.1 Å². The van der Waals surface area contributed by atoms with Crippen LogP contribution in [-0.4, -0.2) is 58.6 Å². The minimum atomic E-state index is -1.32. The lowest BCUT2D eigenvalue weighted by molar-refractivity contribution is -0.159. The molecule has 0 aliphatic carbocycles. The van der Waals surface area contributed by atoms with Crippen molar-refractivity contribution in [2.75, 3.05) is 6.54 Å². The van der Waals surface area contributed by atoms with Crippen LogP contribution in [0.25, 0.3) is 0 Å². The van der Waals surface area contributed by atoms with Crippen LogP contribution in [0, 0.1) is 12.3 Å². The molecule has 0 spiro atoms. The summed E-state index contributed by atoms with van der Waals surface area (Å²) in [6.07, 6.45) is 6.82. The standard InChI is InChI=1S/C40H47N3O6/c1-9-25-43(36(45)32(26-28-19-13-11-14-20-28)42-38(47)49-40(6,7)8)34(31-24-18-17-23-30(31)10-2)35(44)41-33(37(46)48-39(3,4)5)27-29-21-15-12-16-22-29/h2,9,11-24,32-34H,1,25-27H2,3-8H3,(H,41,44)(H,42,47). The lowest BCUT2D eigenvalue weighted by Crippen LogP contribution is -2.55. The summed E-state index contributed by atoms with van der Waals surface area (Å²) >= 11 is 0. The van der Waals surface area contributed by atoms with Crippen molar-refractivity contribution in [1.29, 1.82) is 0 Å². The van der Waals surface area contributed by atoms with Crippen LogP contribution in [0.2, 0.25) is 0 Å². The van der Waals surface area contributed by atoms with E-state index in [0.29, 0.717) is 11.1 Å². The van der Waals surface area contributed by atoms with Crippen LogP contribution in [0.1, 0.15) is 69.8 Å². The van der Waals surface area contributed by atoms with E-state index in [1.54, 1.807) is 65.8 Å². The van der Waals surface area contributed by atoms with E-state index in [4.69, 9.17) is 15.9 Å². The SMILES string of the molecule is C#Cc1ccccc1C(C(=O)NC(Cc1ccccc1)C(=O)OC(C)(C)C)N(CC=C)C(=O)C(Cc1ccccc1)NC(=O)OC(C)(C)C. The second-order valence-electron chi connectivity index (χ2n) is 13.6. The highest BCUT2D eigenvalue weighted by molar-refractivity contribution is 5.94. The van der Waals surface area contributed by atoms with Crippen LogP contribution in [-0.2, 0) is 36.7 Å². The number of carbonyl (C=O) groups excluding carboxylic acids is 4. The van der Waals surface area contributed by atoms with Gasteiger partial charge in [-0.25, -0.2) is 9.59 Å². The zero-order valence-electron chi connectivity index (χ0n) is 29.2. The Balaban J connectivity index is 2.12. The number of alkyl carbamates (subject to hydrolysis) is 1. The highest BCUT2D eigenvalue weighted by Gasteiger charge is 2.39. The number of terminal acetylenes is 1. The molecule has 3 unspecified atom stereocenters. The van der Waals surface area contributed by atoms with E-state index < -0.39 is 53.2 Å². The van der Waals surface area contributed by atoms with E-state index in [1.807, 2.05) is 60.7 Å². The van der Waals surface area contributed by atoms with Gasteiger partial charge in [0, 0.05) is 24.9 Å². The Kier molecular flexibility index (Phi) is 13.3. The van der Waals surface area contributed by atoms with Crippen molar-refractivity contribution in [3.8, 4) is 12.3 Å². The van der Waals surface area contributed by atoms with Gasteiger partial charge < -0.3 is 25.0 Å². The Hall–Kier alpha value is -5.36. The molecule has 3 aromatic rings. The summed E-state index contributed by atoms with van der Waals surface area (Å²) in [5, 5.41) is 5.59. The number of hydrogen-bond acceptors (Lipinski definition) is 6. The van der Waals surface area contributed by atoms with Gasteiger partial charge in [-0.15, -0.1) is 13.0 Å². The number of nitrogens with zero attached hydrogens (tertiary/aromatic N) is 1. The molecule has 258 valence electrons. The van der Waals surface area contributed by atoms with E-state index in [0.717, 1.165) is 11.1 Å². The number of amides is 3. The Labute approximate surface area is 290 Å². The summed E-state index contributed by atoms with van der Waals surface area (Å²) in [7, 11) is 0. The quantitative estimate of drug-likeness (QED) is 0.133. The maximum atomic E-state index is 14.6. The molecular weight excluding hydrogens is 618 g/mol. The molecule has 0 saturated heterocycles. The van der Waals surface area contributed by atoms with Crippen molar-refractivity contribution < 1.29 is 28.7 Å². The van der Waals surface area contributed by atoms with Crippen LogP contribution in [0.3, 0.4) is 0 Å². The summed E-state index contributed by atoms with van der Waals surface area (Å²) in [6, 6.07) is 21.6.